The average Bonchev–Trinajstić information content (AvgIpc) is 2.16. The Kier molecular flexibility index (Phi) is 2.74. The van der Waals surface area contributed by atoms with Gasteiger partial charge in [-0.25, -0.2) is 0 Å². The number of hydrogen-bond acceptors (Lipinski definition) is 0. The molecule has 0 saturated carbocycles. The normalized spacial score (nSPS) is 16.0. The van der Waals surface area contributed by atoms with Gasteiger partial charge in [-0.15, -0.1) is 12.7 Å². The van der Waals surface area contributed by atoms with Crippen LogP contribution in [0, 0.1) is 0 Å². The van der Waals surface area contributed by atoms with Crippen molar-refractivity contribution in [3.05, 3.63) is 48.6 Å². The fraction of sp³-hybridized carbons (Fsp3) is 0.200. The van der Waals surface area contributed by atoms with Gasteiger partial charge >= 0.3 is 6.98 Å². The molecule has 0 fully saturated rings. The standard InChI is InChI=1S/C10H11BF3/c1-3-10(2,11(12,13)14)9-7-5-4-6-8-9/h3-8H,1H2,2H3/q-1/t10-/m1/s1. The van der Waals surface area contributed by atoms with E-state index in [1.54, 1.807) is 18.2 Å². The fourth-order valence-corrected chi connectivity index (χ4v) is 1.24. The third-order valence-corrected chi connectivity index (χ3v) is 2.50. The molecule has 0 unspecified atom stereocenters. The van der Waals surface area contributed by atoms with E-state index in [2.05, 4.69) is 6.58 Å². The van der Waals surface area contributed by atoms with Gasteiger partial charge in [-0.05, 0) is 5.31 Å². The molecule has 0 saturated heterocycles. The molecule has 0 aliphatic carbocycles. The van der Waals surface area contributed by atoms with Crippen molar-refractivity contribution in [3.8, 4) is 0 Å². The van der Waals surface area contributed by atoms with Crippen LogP contribution in [0.25, 0.3) is 0 Å². The first-order chi connectivity index (χ1) is 6.42. The predicted octanol–water partition coefficient (Wildman–Crippen LogP) is 3.52. The maximum Gasteiger partial charge on any atom is 0.492 e. The highest BCUT2D eigenvalue weighted by molar-refractivity contribution is 6.62. The lowest BCUT2D eigenvalue weighted by atomic mass is 9.55. The molecule has 1 rings (SSSR count). The van der Waals surface area contributed by atoms with Gasteiger partial charge in [-0.1, -0.05) is 42.8 Å². The maximum absolute atomic E-state index is 12.8. The highest BCUT2D eigenvalue weighted by atomic mass is 19.4. The third kappa shape index (κ3) is 1.69. The van der Waals surface area contributed by atoms with Crippen molar-refractivity contribution in [2.24, 2.45) is 0 Å². The van der Waals surface area contributed by atoms with Gasteiger partial charge < -0.3 is 12.9 Å². The first kappa shape index (κ1) is 10.9. The van der Waals surface area contributed by atoms with Crippen LogP contribution in [0.2, 0.25) is 0 Å². The Bertz CT molecular complexity index is 318. The summed E-state index contributed by atoms with van der Waals surface area (Å²) in [5.41, 5.74) is 0.238. The zero-order valence-electron chi connectivity index (χ0n) is 7.88. The second-order valence-corrected chi connectivity index (χ2v) is 3.43. The Labute approximate surface area is 81.5 Å². The molecule has 1 aromatic carbocycles. The Hall–Kier alpha value is -1.19. The molecule has 0 nitrogen and oxygen atoms in total. The molecule has 1 aromatic rings. The Morgan fingerprint density at radius 2 is 1.71 bits per heavy atom. The zero-order valence-corrected chi connectivity index (χ0v) is 7.88. The number of benzene rings is 1. The maximum atomic E-state index is 12.8. The van der Waals surface area contributed by atoms with E-state index in [4.69, 9.17) is 0 Å². The van der Waals surface area contributed by atoms with Crippen molar-refractivity contribution in [3.63, 3.8) is 0 Å². The molecule has 0 aromatic heterocycles. The van der Waals surface area contributed by atoms with Crippen LogP contribution in [0.3, 0.4) is 0 Å². The molecule has 4 heteroatoms. The van der Waals surface area contributed by atoms with E-state index in [9.17, 15) is 12.9 Å². The smallest absolute Gasteiger partial charge is 0.448 e. The molecule has 76 valence electrons. The number of hydrogen-bond donors (Lipinski definition) is 0. The summed E-state index contributed by atoms with van der Waals surface area (Å²) in [5, 5.41) is -1.90. The molecule has 0 radical (unpaired) electrons. The van der Waals surface area contributed by atoms with Gasteiger partial charge in [0.05, 0.1) is 0 Å². The average molecular weight is 199 g/mol. The van der Waals surface area contributed by atoms with Gasteiger partial charge in [0.15, 0.2) is 0 Å². The van der Waals surface area contributed by atoms with E-state index in [0.29, 0.717) is 0 Å². The van der Waals surface area contributed by atoms with Crippen molar-refractivity contribution < 1.29 is 12.9 Å². The van der Waals surface area contributed by atoms with Crippen molar-refractivity contribution >= 4 is 6.98 Å². The van der Waals surface area contributed by atoms with Crippen LogP contribution in [0.15, 0.2) is 43.0 Å². The van der Waals surface area contributed by atoms with Crippen LogP contribution in [-0.4, -0.2) is 6.98 Å². The molecule has 0 bridgehead atoms. The zero-order chi connectivity index (χ0) is 10.8. The van der Waals surface area contributed by atoms with Crippen LogP contribution in [0.1, 0.15) is 12.5 Å². The molecule has 0 aliphatic rings. The lowest BCUT2D eigenvalue weighted by Crippen LogP contribution is -2.42. The molecule has 0 spiro atoms. The van der Waals surface area contributed by atoms with Gasteiger partial charge in [-0.3, -0.25) is 0 Å². The Morgan fingerprint density at radius 1 is 1.21 bits per heavy atom. The molecular weight excluding hydrogens is 188 g/mol. The predicted molar refractivity (Wildman–Crippen MR) is 53.1 cm³/mol. The van der Waals surface area contributed by atoms with Gasteiger partial charge in [0, 0.05) is 0 Å². The largest absolute Gasteiger partial charge is 0.492 e. The van der Waals surface area contributed by atoms with Gasteiger partial charge in [0.2, 0.25) is 0 Å². The summed E-state index contributed by atoms with van der Waals surface area (Å²) in [5.74, 6) is 0. The molecular formula is C10H11BF3-. The van der Waals surface area contributed by atoms with E-state index in [1.807, 2.05) is 0 Å². The van der Waals surface area contributed by atoms with E-state index < -0.39 is 12.3 Å². The summed E-state index contributed by atoms with van der Waals surface area (Å²) in [6.07, 6.45) is 0.961. The lowest BCUT2D eigenvalue weighted by molar-refractivity contribution is 0.413. The molecule has 0 heterocycles. The second kappa shape index (κ2) is 3.52. The summed E-state index contributed by atoms with van der Waals surface area (Å²) >= 11 is 0. The van der Waals surface area contributed by atoms with Crippen molar-refractivity contribution in [2.45, 2.75) is 12.2 Å². The van der Waals surface area contributed by atoms with Gasteiger partial charge in [0.1, 0.15) is 0 Å². The summed E-state index contributed by atoms with van der Waals surface area (Å²) in [7, 11) is 0. The third-order valence-electron chi connectivity index (χ3n) is 2.50. The number of halogens is 3. The molecule has 0 N–H and O–H groups in total. The summed E-state index contributed by atoms with van der Waals surface area (Å²) in [6, 6.07) is 7.82. The van der Waals surface area contributed by atoms with Crippen LogP contribution in [-0.2, 0) is 5.31 Å². The van der Waals surface area contributed by atoms with Crippen LogP contribution >= 0.6 is 0 Å². The Balaban J connectivity index is 3.22. The quantitative estimate of drug-likeness (QED) is 0.516. The summed E-state index contributed by atoms with van der Waals surface area (Å²) in [4.78, 5) is 0. The fourth-order valence-electron chi connectivity index (χ4n) is 1.24. The molecule has 14 heavy (non-hydrogen) atoms. The van der Waals surface area contributed by atoms with Crippen LogP contribution in [0.5, 0.6) is 0 Å². The van der Waals surface area contributed by atoms with Crippen LogP contribution in [0.4, 0.5) is 12.9 Å². The van der Waals surface area contributed by atoms with E-state index >= 15 is 0 Å². The highest BCUT2D eigenvalue weighted by Crippen LogP contribution is 2.37. The van der Waals surface area contributed by atoms with Gasteiger partial charge in [0.25, 0.3) is 0 Å². The first-order valence-corrected chi connectivity index (χ1v) is 4.30. The highest BCUT2D eigenvalue weighted by Gasteiger charge is 2.44. The molecule has 1 atom stereocenters. The Morgan fingerprint density at radius 3 is 2.07 bits per heavy atom. The molecule has 0 aliphatic heterocycles. The minimum absolute atomic E-state index is 0.238. The van der Waals surface area contributed by atoms with Crippen molar-refractivity contribution in [1.29, 1.82) is 0 Å². The topological polar surface area (TPSA) is 0 Å². The number of allylic oxidation sites excluding steroid dienone is 1. The van der Waals surface area contributed by atoms with Gasteiger partial charge in [-0.2, -0.15) is 0 Å². The van der Waals surface area contributed by atoms with E-state index in [1.165, 1.54) is 12.1 Å². The van der Waals surface area contributed by atoms with E-state index in [0.717, 1.165) is 13.0 Å². The lowest BCUT2D eigenvalue weighted by Gasteiger charge is -2.36. The minimum atomic E-state index is -4.97. The second-order valence-electron chi connectivity index (χ2n) is 3.43. The van der Waals surface area contributed by atoms with Crippen molar-refractivity contribution in [1.82, 2.24) is 0 Å². The summed E-state index contributed by atoms with van der Waals surface area (Å²) < 4.78 is 38.3. The monoisotopic (exact) mass is 199 g/mol. The molecule has 0 amide bonds. The van der Waals surface area contributed by atoms with Crippen molar-refractivity contribution in [2.75, 3.05) is 0 Å². The minimum Gasteiger partial charge on any atom is -0.448 e. The van der Waals surface area contributed by atoms with E-state index in [-0.39, 0.29) is 5.56 Å². The SMILES string of the molecule is C=C[C@](C)(c1ccccc1)[B-](F)(F)F. The van der Waals surface area contributed by atoms with Crippen LogP contribution < -0.4 is 0 Å². The number of rotatable bonds is 3. The first-order valence-electron chi connectivity index (χ1n) is 4.30. The summed E-state index contributed by atoms with van der Waals surface area (Å²) in [6.45, 7) is -0.547.